The first kappa shape index (κ1) is 12.0. The minimum absolute atomic E-state index is 0.360. The summed E-state index contributed by atoms with van der Waals surface area (Å²) < 4.78 is 5.52. The highest BCUT2D eigenvalue weighted by Crippen LogP contribution is 2.26. The molecule has 0 spiro atoms. The van der Waals surface area contributed by atoms with E-state index in [9.17, 15) is 0 Å². The minimum Gasteiger partial charge on any atom is -0.493 e. The molecule has 1 aliphatic carbocycles. The van der Waals surface area contributed by atoms with Gasteiger partial charge in [0, 0.05) is 18.5 Å². The lowest BCUT2D eigenvalue weighted by Crippen LogP contribution is -2.41. The van der Waals surface area contributed by atoms with Crippen molar-refractivity contribution in [2.75, 3.05) is 13.2 Å². The van der Waals surface area contributed by atoms with Gasteiger partial charge in [-0.25, -0.2) is 0 Å². The number of hydrogen-bond acceptors (Lipinski definition) is 3. The van der Waals surface area contributed by atoms with E-state index in [0.29, 0.717) is 12.1 Å². The molecule has 0 amide bonds. The molecule has 1 heterocycles. The molecule has 2 atom stereocenters. The lowest BCUT2D eigenvalue weighted by Gasteiger charge is -2.17. The first-order valence-electron chi connectivity index (χ1n) is 7.06. The molecule has 0 saturated heterocycles. The first-order chi connectivity index (χ1) is 8.83. The van der Waals surface area contributed by atoms with Gasteiger partial charge in [0.2, 0.25) is 0 Å². The lowest BCUT2D eigenvalue weighted by atomic mass is 10.1. The van der Waals surface area contributed by atoms with Gasteiger partial charge in [-0.2, -0.15) is 0 Å². The van der Waals surface area contributed by atoms with Crippen LogP contribution in [0.3, 0.4) is 0 Å². The van der Waals surface area contributed by atoms with Gasteiger partial charge in [0.1, 0.15) is 5.75 Å². The van der Waals surface area contributed by atoms with Gasteiger partial charge in [0.15, 0.2) is 0 Å². The van der Waals surface area contributed by atoms with Crippen LogP contribution in [-0.4, -0.2) is 25.2 Å². The Kier molecular flexibility index (Phi) is 3.52. The number of nitrogens with one attached hydrogen (secondary N) is 1. The fourth-order valence-corrected chi connectivity index (χ4v) is 3.04. The quantitative estimate of drug-likeness (QED) is 0.849. The van der Waals surface area contributed by atoms with Crippen molar-refractivity contribution in [1.29, 1.82) is 0 Å². The van der Waals surface area contributed by atoms with E-state index in [0.717, 1.165) is 31.7 Å². The van der Waals surface area contributed by atoms with Gasteiger partial charge < -0.3 is 15.8 Å². The summed E-state index contributed by atoms with van der Waals surface area (Å²) in [5, 5.41) is 3.59. The van der Waals surface area contributed by atoms with Crippen LogP contribution in [0, 0.1) is 0 Å². The van der Waals surface area contributed by atoms with Crippen molar-refractivity contribution in [1.82, 2.24) is 5.32 Å². The summed E-state index contributed by atoms with van der Waals surface area (Å²) in [6.45, 7) is 1.87. The van der Waals surface area contributed by atoms with Gasteiger partial charge in [-0.15, -0.1) is 0 Å². The molecule has 3 nitrogen and oxygen atoms in total. The molecule has 98 valence electrons. The summed E-state index contributed by atoms with van der Waals surface area (Å²) in [5.74, 6) is 1.07. The standard InChI is InChI=1S/C15H22N2O/c16-13-2-1-3-14(13)17-8-6-11-4-5-15-12(10-11)7-9-18-15/h4-5,10,13-14,17H,1-3,6-9,16H2. The zero-order valence-corrected chi connectivity index (χ0v) is 10.8. The van der Waals surface area contributed by atoms with Crippen molar-refractivity contribution in [3.8, 4) is 5.75 Å². The van der Waals surface area contributed by atoms with E-state index in [-0.39, 0.29) is 0 Å². The van der Waals surface area contributed by atoms with Crippen LogP contribution in [0.2, 0.25) is 0 Å². The summed E-state index contributed by atoms with van der Waals surface area (Å²) >= 11 is 0. The maximum absolute atomic E-state index is 6.05. The number of hydrogen-bond donors (Lipinski definition) is 2. The zero-order chi connectivity index (χ0) is 12.4. The van der Waals surface area contributed by atoms with Crippen LogP contribution in [0.25, 0.3) is 0 Å². The molecular weight excluding hydrogens is 224 g/mol. The summed E-state index contributed by atoms with van der Waals surface area (Å²) in [7, 11) is 0. The average molecular weight is 246 g/mol. The zero-order valence-electron chi connectivity index (χ0n) is 10.8. The molecule has 0 aromatic heterocycles. The highest BCUT2D eigenvalue weighted by atomic mass is 16.5. The smallest absolute Gasteiger partial charge is 0.122 e. The Bertz CT molecular complexity index is 419. The number of nitrogens with two attached hydrogens (primary N) is 1. The van der Waals surface area contributed by atoms with Crippen molar-refractivity contribution in [3.63, 3.8) is 0 Å². The van der Waals surface area contributed by atoms with Crippen LogP contribution in [0.1, 0.15) is 30.4 Å². The Hall–Kier alpha value is -1.06. The number of benzene rings is 1. The second kappa shape index (κ2) is 5.29. The lowest BCUT2D eigenvalue weighted by molar-refractivity contribution is 0.357. The molecule has 3 heteroatoms. The van der Waals surface area contributed by atoms with Crippen LogP contribution in [0.5, 0.6) is 5.75 Å². The summed E-state index contributed by atoms with van der Waals surface area (Å²) in [6, 6.07) is 7.47. The molecule has 18 heavy (non-hydrogen) atoms. The monoisotopic (exact) mass is 246 g/mol. The molecule has 3 N–H and O–H groups in total. The topological polar surface area (TPSA) is 47.3 Å². The predicted molar refractivity (Wildman–Crippen MR) is 73.0 cm³/mol. The van der Waals surface area contributed by atoms with E-state index < -0.39 is 0 Å². The third-order valence-corrected chi connectivity index (χ3v) is 4.14. The summed E-state index contributed by atoms with van der Waals surface area (Å²) in [6.07, 6.45) is 5.82. The second-order valence-corrected chi connectivity index (χ2v) is 5.45. The predicted octanol–water partition coefficient (Wildman–Crippen LogP) is 1.63. The van der Waals surface area contributed by atoms with Crippen molar-refractivity contribution in [2.45, 2.75) is 44.2 Å². The van der Waals surface area contributed by atoms with Gasteiger partial charge in [0.05, 0.1) is 6.61 Å². The molecule has 0 bridgehead atoms. The fraction of sp³-hybridized carbons (Fsp3) is 0.600. The fourth-order valence-electron chi connectivity index (χ4n) is 3.04. The van der Waals surface area contributed by atoms with Gasteiger partial charge >= 0.3 is 0 Å². The number of rotatable bonds is 4. The van der Waals surface area contributed by atoms with E-state index in [1.54, 1.807) is 0 Å². The van der Waals surface area contributed by atoms with E-state index in [1.807, 2.05) is 0 Å². The molecular formula is C15H22N2O. The van der Waals surface area contributed by atoms with E-state index in [2.05, 4.69) is 23.5 Å². The van der Waals surface area contributed by atoms with Crippen LogP contribution < -0.4 is 15.8 Å². The maximum atomic E-state index is 6.05. The largest absolute Gasteiger partial charge is 0.493 e. The van der Waals surface area contributed by atoms with E-state index in [4.69, 9.17) is 10.5 Å². The van der Waals surface area contributed by atoms with Crippen molar-refractivity contribution < 1.29 is 4.74 Å². The Morgan fingerprint density at radius 3 is 3.11 bits per heavy atom. The third kappa shape index (κ3) is 2.52. The van der Waals surface area contributed by atoms with Gasteiger partial charge in [-0.05, 0) is 43.0 Å². The number of ether oxygens (including phenoxy) is 1. The Labute approximate surface area is 109 Å². The van der Waals surface area contributed by atoms with Crippen LogP contribution in [-0.2, 0) is 12.8 Å². The molecule has 2 aliphatic rings. The maximum Gasteiger partial charge on any atom is 0.122 e. The molecule has 2 unspecified atom stereocenters. The van der Waals surface area contributed by atoms with Crippen molar-refractivity contribution in [2.24, 2.45) is 5.73 Å². The highest BCUT2D eigenvalue weighted by Gasteiger charge is 2.22. The van der Waals surface area contributed by atoms with Gasteiger partial charge in [0.25, 0.3) is 0 Å². The molecule has 1 fully saturated rings. The summed E-state index contributed by atoms with van der Waals surface area (Å²) in [4.78, 5) is 0. The summed E-state index contributed by atoms with van der Waals surface area (Å²) in [5.41, 5.74) is 8.82. The molecule has 1 aromatic rings. The third-order valence-electron chi connectivity index (χ3n) is 4.14. The average Bonchev–Trinajstić information content (AvgIpc) is 2.98. The molecule has 1 aliphatic heterocycles. The Morgan fingerprint density at radius 2 is 2.28 bits per heavy atom. The van der Waals surface area contributed by atoms with Crippen molar-refractivity contribution >= 4 is 0 Å². The minimum atomic E-state index is 0.360. The second-order valence-electron chi connectivity index (χ2n) is 5.45. The van der Waals surface area contributed by atoms with E-state index in [1.165, 1.54) is 30.4 Å². The molecule has 3 rings (SSSR count). The van der Waals surface area contributed by atoms with Gasteiger partial charge in [-0.3, -0.25) is 0 Å². The van der Waals surface area contributed by atoms with E-state index >= 15 is 0 Å². The van der Waals surface area contributed by atoms with Gasteiger partial charge in [-0.1, -0.05) is 18.6 Å². The van der Waals surface area contributed by atoms with Crippen molar-refractivity contribution in [3.05, 3.63) is 29.3 Å². The highest BCUT2D eigenvalue weighted by molar-refractivity contribution is 5.39. The normalized spacial score (nSPS) is 26.1. The Balaban J connectivity index is 1.51. The molecule has 1 saturated carbocycles. The Morgan fingerprint density at radius 1 is 1.33 bits per heavy atom. The number of fused-ring (bicyclic) bond motifs is 1. The first-order valence-corrected chi connectivity index (χ1v) is 7.06. The molecule has 1 aromatic carbocycles. The molecule has 0 radical (unpaired) electrons. The van der Waals surface area contributed by atoms with Crippen LogP contribution >= 0.6 is 0 Å². The van der Waals surface area contributed by atoms with Crippen LogP contribution in [0.4, 0.5) is 0 Å². The van der Waals surface area contributed by atoms with Crippen LogP contribution in [0.15, 0.2) is 18.2 Å². The SMILES string of the molecule is NC1CCCC1NCCc1ccc2c(c1)CCO2.